The Kier molecular flexibility index (Phi) is 3.87. The summed E-state index contributed by atoms with van der Waals surface area (Å²) in [6.45, 7) is 0. The Labute approximate surface area is 99.1 Å². The van der Waals surface area contributed by atoms with E-state index in [4.69, 9.17) is 0 Å². The van der Waals surface area contributed by atoms with E-state index in [0.717, 1.165) is 0 Å². The van der Waals surface area contributed by atoms with E-state index in [-0.39, 0.29) is 24.0 Å². The van der Waals surface area contributed by atoms with Gasteiger partial charge in [-0.15, -0.1) is 0 Å². The Hall–Kier alpha value is -0.420. The number of rotatable bonds is 1. The van der Waals surface area contributed by atoms with E-state index in [1.807, 2.05) is 6.07 Å². The van der Waals surface area contributed by atoms with Crippen molar-refractivity contribution in [3.63, 3.8) is 0 Å². The average Bonchev–Trinajstić information content (AvgIpc) is 2.53. The summed E-state index contributed by atoms with van der Waals surface area (Å²) in [4.78, 5) is 0. The highest BCUT2D eigenvalue weighted by atomic mass is 127. The van der Waals surface area contributed by atoms with Crippen LogP contribution in [-0.2, 0) is 7.05 Å². The molecule has 0 aliphatic rings. The van der Waals surface area contributed by atoms with Gasteiger partial charge in [0.15, 0.2) is 6.20 Å². The van der Waals surface area contributed by atoms with Gasteiger partial charge in [-0.25, -0.2) is 0 Å². The molecule has 2 aromatic rings. The van der Waals surface area contributed by atoms with E-state index in [2.05, 4.69) is 47.5 Å². The van der Waals surface area contributed by atoms with Crippen LogP contribution in [0.15, 0.2) is 41.9 Å². The van der Waals surface area contributed by atoms with Crippen LogP contribution in [0.1, 0.15) is 0 Å². The number of halogens is 1. The highest BCUT2D eigenvalue weighted by molar-refractivity contribution is 7.12. The molecule has 0 fully saturated rings. The largest absolute Gasteiger partial charge is 1.00 e. The first-order valence-corrected chi connectivity index (χ1v) is 4.74. The Balaban J connectivity index is 0.000000845. The molecule has 3 heteroatoms. The minimum atomic E-state index is 0. The van der Waals surface area contributed by atoms with Gasteiger partial charge in [0.05, 0.1) is 10.9 Å². The predicted octanol–water partition coefficient (Wildman–Crippen LogP) is -0.756. The van der Waals surface area contributed by atoms with Crippen molar-refractivity contribution in [1.82, 2.24) is 0 Å². The molecule has 0 aliphatic carbocycles. The van der Waals surface area contributed by atoms with Crippen molar-refractivity contribution in [3.8, 4) is 10.6 Å². The topological polar surface area (TPSA) is 3.88 Å². The lowest BCUT2D eigenvalue weighted by atomic mass is 10.2. The smallest absolute Gasteiger partial charge is 0.268 e. The Morgan fingerprint density at radius 3 is 2.38 bits per heavy atom. The van der Waals surface area contributed by atoms with E-state index in [1.165, 1.54) is 10.6 Å². The van der Waals surface area contributed by atoms with Crippen molar-refractivity contribution >= 4 is 11.3 Å². The van der Waals surface area contributed by atoms with Gasteiger partial charge in [-0.2, -0.15) is 4.57 Å². The molecular formula is C10H10INS. The van der Waals surface area contributed by atoms with Gasteiger partial charge in [0, 0.05) is 0 Å². The lowest BCUT2D eigenvalue weighted by molar-refractivity contribution is -0.655. The zero-order chi connectivity index (χ0) is 8.39. The summed E-state index contributed by atoms with van der Waals surface area (Å²) < 4.78 is 2.14. The third-order valence-corrected chi connectivity index (χ3v) is 2.81. The molecule has 0 aliphatic heterocycles. The first-order chi connectivity index (χ1) is 5.88. The van der Waals surface area contributed by atoms with Crippen LogP contribution in [0.4, 0.5) is 0 Å². The Morgan fingerprint density at radius 2 is 1.85 bits per heavy atom. The van der Waals surface area contributed by atoms with Crippen LogP contribution in [0, 0.1) is 0 Å². The predicted molar refractivity (Wildman–Crippen MR) is 50.9 cm³/mol. The second kappa shape index (κ2) is 4.72. The van der Waals surface area contributed by atoms with Crippen LogP contribution in [0.3, 0.4) is 0 Å². The van der Waals surface area contributed by atoms with Crippen molar-refractivity contribution in [3.05, 3.63) is 41.9 Å². The number of thiazole rings is 1. The lowest BCUT2D eigenvalue weighted by Crippen LogP contribution is -3.00. The number of benzene rings is 1. The molecule has 0 saturated heterocycles. The van der Waals surface area contributed by atoms with Crippen LogP contribution >= 0.6 is 11.3 Å². The lowest BCUT2D eigenvalue weighted by Gasteiger charge is -1.91. The quantitative estimate of drug-likeness (QED) is 0.482. The molecule has 0 saturated carbocycles. The maximum Gasteiger partial charge on any atom is 0.268 e. The monoisotopic (exact) mass is 303 g/mol. The number of nitrogens with zero attached hydrogens (tertiary/aromatic N) is 1. The van der Waals surface area contributed by atoms with Crippen LogP contribution in [-0.4, -0.2) is 0 Å². The van der Waals surface area contributed by atoms with Gasteiger partial charge >= 0.3 is 0 Å². The maximum absolute atomic E-state index is 2.14. The van der Waals surface area contributed by atoms with Gasteiger partial charge < -0.3 is 24.0 Å². The number of aromatic nitrogens is 1. The third kappa shape index (κ3) is 2.28. The van der Waals surface area contributed by atoms with Gasteiger partial charge in [-0.1, -0.05) is 29.5 Å². The molecule has 0 N–H and O–H groups in total. The van der Waals surface area contributed by atoms with Crippen LogP contribution < -0.4 is 28.5 Å². The molecule has 0 atom stereocenters. The molecule has 0 amide bonds. The fourth-order valence-electron chi connectivity index (χ4n) is 1.19. The van der Waals surface area contributed by atoms with Gasteiger partial charge in [-0.05, 0) is 12.1 Å². The number of aryl methyl sites for hydroxylation is 1. The molecule has 0 bridgehead atoms. The van der Waals surface area contributed by atoms with Gasteiger partial charge in [0.1, 0.15) is 7.05 Å². The van der Waals surface area contributed by atoms with Crippen molar-refractivity contribution < 1.29 is 28.5 Å². The van der Waals surface area contributed by atoms with Crippen molar-refractivity contribution in [2.75, 3.05) is 0 Å². The standard InChI is InChI=1S/C10H10NS.HI/c1-11-7-8-12-10(11)9-5-3-2-4-6-9;/h2-8H,1H3;1H/q+1;/p-1. The van der Waals surface area contributed by atoms with Crippen molar-refractivity contribution in [2.45, 2.75) is 0 Å². The summed E-state index contributed by atoms with van der Waals surface area (Å²) in [5, 5.41) is 3.40. The van der Waals surface area contributed by atoms with E-state index >= 15 is 0 Å². The van der Waals surface area contributed by atoms with Gasteiger partial charge in [0.25, 0.3) is 5.01 Å². The SMILES string of the molecule is C[n+]1ccsc1-c1ccccc1.[I-]. The summed E-state index contributed by atoms with van der Waals surface area (Å²) in [6, 6.07) is 10.4. The van der Waals surface area contributed by atoms with E-state index < -0.39 is 0 Å². The minimum absolute atomic E-state index is 0. The molecule has 0 spiro atoms. The summed E-state index contributed by atoms with van der Waals surface area (Å²) >= 11 is 1.77. The molecule has 1 nitrogen and oxygen atoms in total. The molecule has 1 heterocycles. The molecule has 1 aromatic carbocycles. The van der Waals surface area contributed by atoms with Crippen molar-refractivity contribution in [2.24, 2.45) is 7.05 Å². The Morgan fingerprint density at radius 1 is 1.15 bits per heavy atom. The van der Waals surface area contributed by atoms with E-state index in [1.54, 1.807) is 11.3 Å². The fourth-order valence-corrected chi connectivity index (χ4v) is 2.06. The number of hydrogen-bond acceptors (Lipinski definition) is 1. The first kappa shape index (κ1) is 10.7. The Bertz CT molecular complexity index is 369. The zero-order valence-corrected chi connectivity index (χ0v) is 10.2. The summed E-state index contributed by atoms with van der Waals surface area (Å²) in [5.74, 6) is 0. The summed E-state index contributed by atoms with van der Waals surface area (Å²) in [5.41, 5.74) is 1.29. The molecule has 2 rings (SSSR count). The second-order valence-electron chi connectivity index (χ2n) is 2.69. The molecular weight excluding hydrogens is 293 g/mol. The number of hydrogen-bond donors (Lipinski definition) is 0. The summed E-state index contributed by atoms with van der Waals surface area (Å²) in [7, 11) is 2.07. The second-order valence-corrected chi connectivity index (χ2v) is 3.58. The minimum Gasteiger partial charge on any atom is -1.00 e. The first-order valence-electron chi connectivity index (χ1n) is 3.86. The molecule has 68 valence electrons. The van der Waals surface area contributed by atoms with Crippen LogP contribution in [0.25, 0.3) is 10.6 Å². The molecule has 13 heavy (non-hydrogen) atoms. The molecule has 1 aromatic heterocycles. The average molecular weight is 303 g/mol. The van der Waals surface area contributed by atoms with E-state index in [0.29, 0.717) is 0 Å². The van der Waals surface area contributed by atoms with Crippen molar-refractivity contribution in [1.29, 1.82) is 0 Å². The van der Waals surface area contributed by atoms with Gasteiger partial charge in [0.2, 0.25) is 0 Å². The van der Waals surface area contributed by atoms with E-state index in [9.17, 15) is 0 Å². The highest BCUT2D eigenvalue weighted by Crippen LogP contribution is 2.18. The fraction of sp³-hybridized carbons (Fsp3) is 0.100. The van der Waals surface area contributed by atoms with Crippen LogP contribution in [0.2, 0.25) is 0 Å². The highest BCUT2D eigenvalue weighted by Gasteiger charge is 2.08. The normalized spacial score (nSPS) is 9.31. The third-order valence-electron chi connectivity index (χ3n) is 1.81. The maximum atomic E-state index is 2.14. The molecule has 0 radical (unpaired) electrons. The zero-order valence-electron chi connectivity index (χ0n) is 7.27. The molecule has 0 unspecified atom stereocenters. The van der Waals surface area contributed by atoms with Gasteiger partial charge in [-0.3, -0.25) is 0 Å². The van der Waals surface area contributed by atoms with Crippen LogP contribution in [0.5, 0.6) is 0 Å². The summed E-state index contributed by atoms with van der Waals surface area (Å²) in [6.07, 6.45) is 2.08.